The number of carbonyl (C=O) groups is 2. The van der Waals surface area contributed by atoms with Gasteiger partial charge < -0.3 is 20.1 Å². The Labute approximate surface area is 162 Å². The number of anilines is 1. The van der Waals surface area contributed by atoms with Crippen molar-refractivity contribution in [3.05, 3.63) is 66.5 Å². The van der Waals surface area contributed by atoms with Crippen LogP contribution in [0.25, 0.3) is 5.69 Å². The van der Waals surface area contributed by atoms with Gasteiger partial charge in [0.2, 0.25) is 5.91 Å². The second-order valence-electron chi connectivity index (χ2n) is 5.83. The van der Waals surface area contributed by atoms with Gasteiger partial charge in [-0.05, 0) is 30.3 Å². The standard InChI is InChI=1S/C20H20N4O4/c1-27-17-6-3-5-14(9-17)20(26)21-13-19(25)23-15-10-16(12-18(11-15)28-2)24-8-4-7-22-24/h3-12H,13H2,1-2H3,(H,21,26)(H,23,25). The normalized spacial score (nSPS) is 10.2. The van der Waals surface area contributed by atoms with E-state index in [2.05, 4.69) is 15.7 Å². The van der Waals surface area contributed by atoms with E-state index in [1.54, 1.807) is 72.7 Å². The average Bonchev–Trinajstić information content (AvgIpc) is 3.26. The summed E-state index contributed by atoms with van der Waals surface area (Å²) in [4.78, 5) is 24.5. The first-order valence-electron chi connectivity index (χ1n) is 8.50. The van der Waals surface area contributed by atoms with Crippen LogP contribution in [-0.4, -0.2) is 42.4 Å². The zero-order valence-corrected chi connectivity index (χ0v) is 15.5. The minimum Gasteiger partial charge on any atom is -0.497 e. The van der Waals surface area contributed by atoms with E-state index < -0.39 is 0 Å². The fourth-order valence-electron chi connectivity index (χ4n) is 2.56. The van der Waals surface area contributed by atoms with Gasteiger partial charge in [-0.25, -0.2) is 4.68 Å². The first-order chi connectivity index (χ1) is 13.6. The number of nitrogens with zero attached hydrogens (tertiary/aromatic N) is 2. The van der Waals surface area contributed by atoms with Crippen LogP contribution in [-0.2, 0) is 4.79 Å². The van der Waals surface area contributed by atoms with Crippen LogP contribution >= 0.6 is 0 Å². The number of benzene rings is 2. The van der Waals surface area contributed by atoms with Crippen molar-refractivity contribution in [2.45, 2.75) is 0 Å². The molecule has 2 aromatic carbocycles. The van der Waals surface area contributed by atoms with Crippen LogP contribution < -0.4 is 20.1 Å². The Morgan fingerprint density at radius 1 is 1.04 bits per heavy atom. The summed E-state index contributed by atoms with van der Waals surface area (Å²) in [5.41, 5.74) is 1.68. The Kier molecular flexibility index (Phi) is 5.91. The smallest absolute Gasteiger partial charge is 0.251 e. The number of methoxy groups -OCH3 is 2. The molecule has 144 valence electrons. The monoisotopic (exact) mass is 380 g/mol. The largest absolute Gasteiger partial charge is 0.497 e. The Bertz CT molecular complexity index is 970. The maximum absolute atomic E-state index is 12.3. The highest BCUT2D eigenvalue weighted by molar-refractivity contribution is 5.99. The van der Waals surface area contributed by atoms with E-state index in [0.29, 0.717) is 22.7 Å². The molecule has 3 rings (SSSR count). The summed E-state index contributed by atoms with van der Waals surface area (Å²) in [5.74, 6) is 0.413. The van der Waals surface area contributed by atoms with Gasteiger partial charge in [0.15, 0.2) is 0 Å². The van der Waals surface area contributed by atoms with Gasteiger partial charge in [-0.1, -0.05) is 6.07 Å². The van der Waals surface area contributed by atoms with Crippen molar-refractivity contribution in [3.8, 4) is 17.2 Å². The van der Waals surface area contributed by atoms with Crippen LogP contribution in [0.15, 0.2) is 60.9 Å². The molecule has 3 aromatic rings. The van der Waals surface area contributed by atoms with Crippen molar-refractivity contribution in [1.29, 1.82) is 0 Å². The summed E-state index contributed by atoms with van der Waals surface area (Å²) in [5, 5.41) is 9.51. The highest BCUT2D eigenvalue weighted by Gasteiger charge is 2.11. The lowest BCUT2D eigenvalue weighted by Crippen LogP contribution is -2.32. The molecule has 1 heterocycles. The molecule has 0 atom stereocenters. The van der Waals surface area contributed by atoms with Crippen LogP contribution in [0.1, 0.15) is 10.4 Å². The van der Waals surface area contributed by atoms with Crippen molar-refractivity contribution in [1.82, 2.24) is 15.1 Å². The molecule has 0 fully saturated rings. The number of ether oxygens (including phenoxy) is 2. The van der Waals surface area contributed by atoms with Crippen molar-refractivity contribution in [2.75, 3.05) is 26.1 Å². The lowest BCUT2D eigenvalue weighted by atomic mass is 10.2. The van der Waals surface area contributed by atoms with E-state index in [9.17, 15) is 9.59 Å². The fraction of sp³-hybridized carbons (Fsp3) is 0.150. The van der Waals surface area contributed by atoms with Crippen LogP contribution in [0, 0.1) is 0 Å². The molecule has 0 aliphatic rings. The predicted octanol–water partition coefficient (Wildman–Crippen LogP) is 2.26. The quantitative estimate of drug-likeness (QED) is 0.656. The number of aromatic nitrogens is 2. The van der Waals surface area contributed by atoms with Crippen LogP contribution in [0.4, 0.5) is 5.69 Å². The second-order valence-corrected chi connectivity index (χ2v) is 5.83. The highest BCUT2D eigenvalue weighted by Crippen LogP contribution is 2.23. The summed E-state index contributed by atoms with van der Waals surface area (Å²) in [6.07, 6.45) is 3.45. The topological polar surface area (TPSA) is 94.5 Å². The Morgan fingerprint density at radius 2 is 1.86 bits per heavy atom. The van der Waals surface area contributed by atoms with Crippen LogP contribution in [0.5, 0.6) is 11.5 Å². The molecule has 8 nitrogen and oxygen atoms in total. The Morgan fingerprint density at radius 3 is 2.57 bits per heavy atom. The second kappa shape index (κ2) is 8.72. The summed E-state index contributed by atoms with van der Waals surface area (Å²) in [6, 6.07) is 13.7. The molecule has 0 aliphatic carbocycles. The molecule has 28 heavy (non-hydrogen) atoms. The first kappa shape index (κ1) is 19.0. The minimum absolute atomic E-state index is 0.176. The van der Waals surface area contributed by atoms with Gasteiger partial charge in [0.25, 0.3) is 5.91 Å². The maximum Gasteiger partial charge on any atom is 0.251 e. The van der Waals surface area contributed by atoms with E-state index in [-0.39, 0.29) is 18.4 Å². The number of hydrogen-bond donors (Lipinski definition) is 2. The third-order valence-electron chi connectivity index (χ3n) is 3.92. The van der Waals surface area contributed by atoms with Gasteiger partial charge in [0, 0.05) is 35.8 Å². The molecule has 8 heteroatoms. The molecule has 2 N–H and O–H groups in total. The molecule has 0 saturated carbocycles. The molecule has 1 aromatic heterocycles. The molecule has 0 spiro atoms. The van der Waals surface area contributed by atoms with E-state index in [0.717, 1.165) is 5.69 Å². The number of amides is 2. The van der Waals surface area contributed by atoms with E-state index >= 15 is 0 Å². The van der Waals surface area contributed by atoms with E-state index in [1.165, 1.54) is 7.11 Å². The third kappa shape index (κ3) is 4.67. The van der Waals surface area contributed by atoms with Gasteiger partial charge in [-0.2, -0.15) is 5.10 Å². The third-order valence-corrected chi connectivity index (χ3v) is 3.92. The Hall–Kier alpha value is -3.81. The van der Waals surface area contributed by atoms with Crippen molar-refractivity contribution in [3.63, 3.8) is 0 Å². The lowest BCUT2D eigenvalue weighted by molar-refractivity contribution is -0.115. The summed E-state index contributed by atoms with van der Waals surface area (Å²) >= 11 is 0. The Balaban J connectivity index is 1.64. The van der Waals surface area contributed by atoms with Crippen molar-refractivity contribution < 1.29 is 19.1 Å². The lowest BCUT2D eigenvalue weighted by Gasteiger charge is -2.11. The maximum atomic E-state index is 12.3. The molecule has 0 radical (unpaired) electrons. The molecule has 0 aliphatic heterocycles. The van der Waals surface area contributed by atoms with E-state index in [4.69, 9.17) is 9.47 Å². The number of rotatable bonds is 7. The van der Waals surface area contributed by atoms with Gasteiger partial charge in [0.05, 0.1) is 26.5 Å². The molecule has 0 bridgehead atoms. The summed E-state index contributed by atoms with van der Waals surface area (Å²) in [7, 11) is 3.07. The number of nitrogens with one attached hydrogen (secondary N) is 2. The van der Waals surface area contributed by atoms with Gasteiger partial charge in [-0.15, -0.1) is 0 Å². The van der Waals surface area contributed by atoms with E-state index in [1.807, 2.05) is 0 Å². The zero-order chi connectivity index (χ0) is 19.9. The SMILES string of the molecule is COc1cccc(C(=O)NCC(=O)Nc2cc(OC)cc(-n3cccn3)c2)c1. The minimum atomic E-state index is -0.365. The molecular formula is C20H20N4O4. The number of hydrogen-bond acceptors (Lipinski definition) is 5. The van der Waals surface area contributed by atoms with Crippen LogP contribution in [0.3, 0.4) is 0 Å². The van der Waals surface area contributed by atoms with Crippen LogP contribution in [0.2, 0.25) is 0 Å². The summed E-state index contributed by atoms with van der Waals surface area (Å²) in [6.45, 7) is -0.176. The van der Waals surface area contributed by atoms with Gasteiger partial charge in [0.1, 0.15) is 11.5 Å². The molecule has 2 amide bonds. The summed E-state index contributed by atoms with van der Waals surface area (Å²) < 4.78 is 12.0. The van der Waals surface area contributed by atoms with Gasteiger partial charge >= 0.3 is 0 Å². The molecule has 0 unspecified atom stereocenters. The number of carbonyl (C=O) groups excluding carboxylic acids is 2. The van der Waals surface area contributed by atoms with Crippen molar-refractivity contribution in [2.24, 2.45) is 0 Å². The average molecular weight is 380 g/mol. The van der Waals surface area contributed by atoms with Crippen molar-refractivity contribution >= 4 is 17.5 Å². The molecular weight excluding hydrogens is 360 g/mol. The zero-order valence-electron chi connectivity index (χ0n) is 15.5. The highest BCUT2D eigenvalue weighted by atomic mass is 16.5. The molecule has 0 saturated heterocycles. The predicted molar refractivity (Wildman–Crippen MR) is 104 cm³/mol. The fourth-order valence-corrected chi connectivity index (χ4v) is 2.56. The van der Waals surface area contributed by atoms with Gasteiger partial charge in [-0.3, -0.25) is 9.59 Å². The first-order valence-corrected chi connectivity index (χ1v) is 8.50.